The minimum Gasteiger partial charge on any atom is -0.355 e. The van der Waals surface area contributed by atoms with Crippen molar-refractivity contribution < 1.29 is 4.92 Å². The highest BCUT2D eigenvalue weighted by molar-refractivity contribution is 5.56. The molecule has 0 radical (unpaired) electrons. The van der Waals surface area contributed by atoms with Gasteiger partial charge in [0.1, 0.15) is 5.82 Å². The average Bonchev–Trinajstić information content (AvgIpc) is 2.81. The molecule has 7 nitrogen and oxygen atoms in total. The van der Waals surface area contributed by atoms with Crippen LogP contribution in [0.1, 0.15) is 24.5 Å². The molecule has 2 rings (SSSR count). The van der Waals surface area contributed by atoms with Crippen molar-refractivity contribution in [2.75, 3.05) is 5.32 Å². The van der Waals surface area contributed by atoms with Crippen LogP contribution >= 0.6 is 0 Å². The lowest BCUT2D eigenvalue weighted by molar-refractivity contribution is -0.384. The third kappa shape index (κ3) is 2.45. The minimum atomic E-state index is -0.455. The molecule has 0 saturated heterocycles. The van der Waals surface area contributed by atoms with Crippen LogP contribution in [-0.4, -0.2) is 19.9 Å². The Morgan fingerprint density at radius 2 is 2.28 bits per heavy atom. The summed E-state index contributed by atoms with van der Waals surface area (Å²) in [5, 5.41) is 13.9. The maximum atomic E-state index is 10.9. The Morgan fingerprint density at radius 3 is 2.89 bits per heavy atom. The normalized spacial score (nSPS) is 12.1. The first-order chi connectivity index (χ1) is 8.58. The van der Waals surface area contributed by atoms with E-state index in [-0.39, 0.29) is 17.5 Å². The van der Waals surface area contributed by atoms with E-state index in [9.17, 15) is 10.1 Å². The summed E-state index contributed by atoms with van der Waals surface area (Å²) in [5.74, 6) is 0.955. The first-order valence-electron chi connectivity index (χ1n) is 5.46. The minimum absolute atomic E-state index is 0.0426. The lowest BCUT2D eigenvalue weighted by Gasteiger charge is -2.12. The highest BCUT2D eigenvalue weighted by Gasteiger charge is 2.18. The summed E-state index contributed by atoms with van der Waals surface area (Å²) in [7, 11) is 0. The van der Waals surface area contributed by atoms with Crippen molar-refractivity contribution in [1.82, 2.24) is 15.0 Å². The van der Waals surface area contributed by atoms with E-state index in [4.69, 9.17) is 0 Å². The Balaban J connectivity index is 2.28. The van der Waals surface area contributed by atoms with Gasteiger partial charge in [-0.1, -0.05) is 0 Å². The smallest absolute Gasteiger partial charge is 0.311 e. The molecule has 2 N–H and O–H groups in total. The molecule has 2 aromatic rings. The summed E-state index contributed by atoms with van der Waals surface area (Å²) in [5.41, 5.74) is 0.675. The molecule has 0 aliphatic rings. The van der Waals surface area contributed by atoms with Crippen LogP contribution in [0.3, 0.4) is 0 Å². The number of H-pyrrole nitrogens is 1. The zero-order valence-electron chi connectivity index (χ0n) is 10.0. The molecule has 0 aliphatic heterocycles. The quantitative estimate of drug-likeness (QED) is 0.637. The van der Waals surface area contributed by atoms with Crippen molar-refractivity contribution in [3.05, 3.63) is 46.2 Å². The number of aromatic nitrogens is 3. The predicted octanol–water partition coefficient (Wildman–Crippen LogP) is 2.19. The molecule has 0 saturated carbocycles. The SMILES string of the molecule is Cc1ccc([N+](=O)[O-])c(NC(C)c2ncc[nH]2)n1. The van der Waals surface area contributed by atoms with Crippen molar-refractivity contribution in [3.63, 3.8) is 0 Å². The topological polar surface area (TPSA) is 96.7 Å². The van der Waals surface area contributed by atoms with Crippen molar-refractivity contribution in [2.45, 2.75) is 19.9 Å². The highest BCUT2D eigenvalue weighted by atomic mass is 16.6. The Morgan fingerprint density at radius 1 is 1.50 bits per heavy atom. The summed E-state index contributed by atoms with van der Waals surface area (Å²) >= 11 is 0. The van der Waals surface area contributed by atoms with E-state index in [2.05, 4.69) is 20.3 Å². The van der Waals surface area contributed by atoms with Crippen LogP contribution < -0.4 is 5.32 Å². The van der Waals surface area contributed by atoms with E-state index in [1.54, 1.807) is 25.4 Å². The van der Waals surface area contributed by atoms with Crippen molar-refractivity contribution >= 4 is 11.5 Å². The number of nitrogens with one attached hydrogen (secondary N) is 2. The van der Waals surface area contributed by atoms with E-state index in [0.717, 1.165) is 5.69 Å². The van der Waals surface area contributed by atoms with Crippen LogP contribution in [0.4, 0.5) is 11.5 Å². The van der Waals surface area contributed by atoms with Gasteiger partial charge in [0.2, 0.25) is 5.82 Å². The second-order valence-electron chi connectivity index (χ2n) is 3.92. The Kier molecular flexibility index (Phi) is 3.22. The fourth-order valence-corrected chi connectivity index (χ4v) is 1.59. The van der Waals surface area contributed by atoms with Gasteiger partial charge in [0.25, 0.3) is 0 Å². The molecule has 7 heteroatoms. The van der Waals surface area contributed by atoms with Gasteiger partial charge >= 0.3 is 5.69 Å². The second kappa shape index (κ2) is 4.82. The molecule has 1 unspecified atom stereocenters. The number of anilines is 1. The highest BCUT2D eigenvalue weighted by Crippen LogP contribution is 2.25. The fourth-order valence-electron chi connectivity index (χ4n) is 1.59. The zero-order valence-corrected chi connectivity index (χ0v) is 10.0. The van der Waals surface area contributed by atoms with Gasteiger partial charge in [0, 0.05) is 24.2 Å². The monoisotopic (exact) mass is 247 g/mol. The molecule has 2 aromatic heterocycles. The number of aromatic amines is 1. The molecule has 0 spiro atoms. The van der Waals surface area contributed by atoms with E-state index < -0.39 is 4.92 Å². The van der Waals surface area contributed by atoms with Gasteiger partial charge in [0.15, 0.2) is 0 Å². The van der Waals surface area contributed by atoms with Gasteiger partial charge in [-0.25, -0.2) is 9.97 Å². The van der Waals surface area contributed by atoms with Crippen molar-refractivity contribution in [2.24, 2.45) is 0 Å². The maximum absolute atomic E-state index is 10.9. The van der Waals surface area contributed by atoms with Gasteiger partial charge in [-0.3, -0.25) is 10.1 Å². The van der Waals surface area contributed by atoms with Crippen LogP contribution in [0, 0.1) is 17.0 Å². The lowest BCUT2D eigenvalue weighted by atomic mass is 10.3. The summed E-state index contributed by atoms with van der Waals surface area (Å²) in [6, 6.07) is 2.87. The van der Waals surface area contributed by atoms with Crippen LogP contribution in [-0.2, 0) is 0 Å². The second-order valence-corrected chi connectivity index (χ2v) is 3.92. The Bertz CT molecular complexity index is 553. The molecule has 0 bridgehead atoms. The summed E-state index contributed by atoms with van der Waals surface area (Å²) in [6.07, 6.45) is 3.33. The van der Waals surface area contributed by atoms with Crippen LogP contribution in [0.5, 0.6) is 0 Å². The molecule has 2 heterocycles. The first-order valence-corrected chi connectivity index (χ1v) is 5.46. The molecular formula is C11H13N5O2. The Labute approximate surface area is 103 Å². The fraction of sp³-hybridized carbons (Fsp3) is 0.273. The number of rotatable bonds is 4. The first kappa shape index (κ1) is 12.0. The van der Waals surface area contributed by atoms with E-state index in [0.29, 0.717) is 5.82 Å². The van der Waals surface area contributed by atoms with Gasteiger partial charge in [0.05, 0.1) is 11.0 Å². The van der Waals surface area contributed by atoms with Crippen molar-refractivity contribution in [3.8, 4) is 0 Å². The Hall–Kier alpha value is -2.44. The van der Waals surface area contributed by atoms with Gasteiger partial charge in [-0.05, 0) is 19.9 Å². The third-order valence-corrected chi connectivity index (χ3v) is 2.49. The van der Waals surface area contributed by atoms with Gasteiger partial charge in [-0.2, -0.15) is 0 Å². The number of pyridine rings is 1. The van der Waals surface area contributed by atoms with Crippen LogP contribution in [0.2, 0.25) is 0 Å². The molecular weight excluding hydrogens is 234 g/mol. The molecule has 0 fully saturated rings. The third-order valence-electron chi connectivity index (χ3n) is 2.49. The van der Waals surface area contributed by atoms with E-state index in [1.165, 1.54) is 6.07 Å². The average molecular weight is 247 g/mol. The van der Waals surface area contributed by atoms with Gasteiger partial charge in [-0.15, -0.1) is 0 Å². The van der Waals surface area contributed by atoms with Crippen molar-refractivity contribution in [1.29, 1.82) is 0 Å². The number of imidazole rings is 1. The van der Waals surface area contributed by atoms with Crippen LogP contribution in [0.25, 0.3) is 0 Å². The zero-order chi connectivity index (χ0) is 13.1. The summed E-state index contributed by atoms with van der Waals surface area (Å²) < 4.78 is 0. The molecule has 94 valence electrons. The largest absolute Gasteiger partial charge is 0.355 e. The summed E-state index contributed by atoms with van der Waals surface area (Å²) in [6.45, 7) is 3.64. The summed E-state index contributed by atoms with van der Waals surface area (Å²) in [4.78, 5) is 21.6. The number of nitrogens with zero attached hydrogens (tertiary/aromatic N) is 3. The predicted molar refractivity (Wildman–Crippen MR) is 66.3 cm³/mol. The molecule has 1 atom stereocenters. The molecule has 0 aromatic carbocycles. The van der Waals surface area contributed by atoms with Crippen LogP contribution in [0.15, 0.2) is 24.5 Å². The number of nitro groups is 1. The maximum Gasteiger partial charge on any atom is 0.311 e. The molecule has 0 amide bonds. The van der Waals surface area contributed by atoms with E-state index in [1.807, 2.05) is 6.92 Å². The van der Waals surface area contributed by atoms with Gasteiger partial charge < -0.3 is 10.3 Å². The molecule has 18 heavy (non-hydrogen) atoms. The lowest BCUT2D eigenvalue weighted by Crippen LogP contribution is -2.11. The number of hydrogen-bond donors (Lipinski definition) is 2. The number of aryl methyl sites for hydroxylation is 1. The molecule has 0 aliphatic carbocycles. The number of hydrogen-bond acceptors (Lipinski definition) is 5. The van der Waals surface area contributed by atoms with E-state index >= 15 is 0 Å². The standard InChI is InChI=1S/C11H13N5O2/c1-7-3-4-9(16(17)18)11(14-7)15-8(2)10-12-5-6-13-10/h3-6,8H,1-2H3,(H,12,13)(H,14,15).